The molecule has 0 saturated carbocycles. The van der Waals surface area contributed by atoms with Gasteiger partial charge in [-0.25, -0.2) is 4.98 Å². The van der Waals surface area contributed by atoms with Crippen LogP contribution >= 0.6 is 27.7 Å². The first-order chi connectivity index (χ1) is 12.3. The van der Waals surface area contributed by atoms with Gasteiger partial charge in [0.2, 0.25) is 5.91 Å². The summed E-state index contributed by atoms with van der Waals surface area (Å²) in [5.74, 6) is 0.608. The zero-order valence-corrected chi connectivity index (χ0v) is 17.6. The monoisotopic (exact) mass is 441 g/mol. The molecule has 26 heavy (non-hydrogen) atoms. The lowest BCUT2D eigenvalue weighted by Crippen LogP contribution is -2.30. The molecule has 0 aliphatic carbocycles. The fourth-order valence-corrected chi connectivity index (χ4v) is 3.59. The van der Waals surface area contributed by atoms with Crippen LogP contribution in [0.1, 0.15) is 27.2 Å². The van der Waals surface area contributed by atoms with Crippen molar-refractivity contribution in [2.24, 2.45) is 5.92 Å². The van der Waals surface area contributed by atoms with Crippen LogP contribution in [0.25, 0.3) is 10.9 Å². The fraction of sp³-hybridized carbons (Fsp3) is 0.500. The molecule has 6 nitrogen and oxygen atoms in total. The summed E-state index contributed by atoms with van der Waals surface area (Å²) in [6, 6.07) is 5.30. The van der Waals surface area contributed by atoms with Crippen molar-refractivity contribution in [1.82, 2.24) is 14.9 Å². The number of hydrogen-bond acceptors (Lipinski definition) is 5. The molecule has 0 spiro atoms. The Morgan fingerprint density at radius 1 is 1.38 bits per heavy atom. The van der Waals surface area contributed by atoms with Crippen LogP contribution in [0.3, 0.4) is 0 Å². The Morgan fingerprint density at radius 2 is 2.12 bits per heavy atom. The van der Waals surface area contributed by atoms with E-state index in [1.54, 1.807) is 19.1 Å². The number of aliphatic hydroxyl groups is 1. The molecule has 0 fully saturated rings. The number of fused-ring (bicyclic) bond motifs is 1. The van der Waals surface area contributed by atoms with Gasteiger partial charge in [-0.1, -0.05) is 41.5 Å². The maximum atomic E-state index is 12.8. The summed E-state index contributed by atoms with van der Waals surface area (Å²) in [6.45, 7) is 6.59. The highest BCUT2D eigenvalue weighted by Crippen LogP contribution is 2.20. The molecule has 8 heteroatoms. The van der Waals surface area contributed by atoms with Crippen LogP contribution in [0.15, 0.2) is 32.6 Å². The standard InChI is InChI=1S/C18H24BrN3O3S/c1-11(2)6-7-20-16(24)10-26-18-21-15-5-4-13(19)8-14(15)17(25)22(18)9-12(3)23/h4-5,8,11-12,23H,6-7,9-10H2,1-3H3,(H,20,24)/t12-/m0/s1. The molecule has 0 radical (unpaired) electrons. The van der Waals surface area contributed by atoms with Gasteiger partial charge in [-0.05, 0) is 37.5 Å². The van der Waals surface area contributed by atoms with Crippen LogP contribution in [0.4, 0.5) is 0 Å². The van der Waals surface area contributed by atoms with E-state index in [9.17, 15) is 14.7 Å². The third-order valence-corrected chi connectivity index (χ3v) is 5.17. The minimum absolute atomic E-state index is 0.0931. The zero-order chi connectivity index (χ0) is 19.3. The quantitative estimate of drug-likeness (QED) is 0.485. The lowest BCUT2D eigenvalue weighted by molar-refractivity contribution is -0.118. The van der Waals surface area contributed by atoms with Gasteiger partial charge < -0.3 is 10.4 Å². The summed E-state index contributed by atoms with van der Waals surface area (Å²) in [4.78, 5) is 29.4. The fourth-order valence-electron chi connectivity index (χ4n) is 2.39. The minimum Gasteiger partial charge on any atom is -0.392 e. The first kappa shape index (κ1) is 20.9. The lowest BCUT2D eigenvalue weighted by Gasteiger charge is -2.14. The molecule has 0 unspecified atom stereocenters. The van der Waals surface area contributed by atoms with Crippen molar-refractivity contribution in [3.05, 3.63) is 33.0 Å². The number of carbonyl (C=O) groups excluding carboxylic acids is 1. The van der Waals surface area contributed by atoms with Crippen LogP contribution in [0.5, 0.6) is 0 Å². The molecular formula is C18H24BrN3O3S. The van der Waals surface area contributed by atoms with Crippen molar-refractivity contribution >= 4 is 44.5 Å². The van der Waals surface area contributed by atoms with Gasteiger partial charge in [0.25, 0.3) is 5.56 Å². The number of carbonyl (C=O) groups is 1. The van der Waals surface area contributed by atoms with Crippen LogP contribution in [-0.4, -0.2) is 39.0 Å². The van der Waals surface area contributed by atoms with Crippen molar-refractivity contribution in [2.75, 3.05) is 12.3 Å². The van der Waals surface area contributed by atoms with Gasteiger partial charge in [-0.15, -0.1) is 0 Å². The second kappa shape index (κ2) is 9.53. The van der Waals surface area contributed by atoms with Crippen molar-refractivity contribution in [2.45, 2.75) is 45.0 Å². The van der Waals surface area contributed by atoms with Crippen molar-refractivity contribution < 1.29 is 9.90 Å². The maximum absolute atomic E-state index is 12.8. The molecule has 0 saturated heterocycles. The number of benzene rings is 1. The van der Waals surface area contributed by atoms with E-state index in [-0.39, 0.29) is 23.8 Å². The van der Waals surface area contributed by atoms with Crippen molar-refractivity contribution in [1.29, 1.82) is 0 Å². The zero-order valence-electron chi connectivity index (χ0n) is 15.2. The number of aliphatic hydroxyl groups excluding tert-OH is 1. The van der Waals surface area contributed by atoms with Crippen LogP contribution in [0, 0.1) is 5.92 Å². The minimum atomic E-state index is -0.696. The number of halogens is 1. The Hall–Kier alpha value is -1.38. The molecular weight excluding hydrogens is 418 g/mol. The Labute approximate surface area is 165 Å². The normalized spacial score (nSPS) is 12.5. The highest BCUT2D eigenvalue weighted by molar-refractivity contribution is 9.10. The number of aromatic nitrogens is 2. The van der Waals surface area contributed by atoms with Crippen molar-refractivity contribution in [3.8, 4) is 0 Å². The topological polar surface area (TPSA) is 84.2 Å². The van der Waals surface area contributed by atoms with E-state index >= 15 is 0 Å². The Morgan fingerprint density at radius 3 is 2.77 bits per heavy atom. The second-order valence-electron chi connectivity index (χ2n) is 6.64. The number of hydrogen-bond donors (Lipinski definition) is 2. The molecule has 1 amide bonds. The average Bonchev–Trinajstić information content (AvgIpc) is 2.56. The molecule has 1 heterocycles. The van der Waals surface area contributed by atoms with Crippen LogP contribution in [-0.2, 0) is 11.3 Å². The summed E-state index contributed by atoms with van der Waals surface area (Å²) >= 11 is 4.57. The molecule has 0 aliphatic heterocycles. The summed E-state index contributed by atoms with van der Waals surface area (Å²) in [5.41, 5.74) is 0.350. The van der Waals surface area contributed by atoms with E-state index in [0.717, 1.165) is 10.9 Å². The van der Waals surface area contributed by atoms with Gasteiger partial charge in [-0.3, -0.25) is 14.2 Å². The number of thioether (sulfide) groups is 1. The van der Waals surface area contributed by atoms with Gasteiger partial charge >= 0.3 is 0 Å². The molecule has 2 aromatic rings. The highest BCUT2D eigenvalue weighted by atomic mass is 79.9. The van der Waals surface area contributed by atoms with E-state index in [2.05, 4.69) is 40.1 Å². The predicted molar refractivity (Wildman–Crippen MR) is 109 cm³/mol. The van der Waals surface area contributed by atoms with Gasteiger partial charge in [0.1, 0.15) is 0 Å². The third kappa shape index (κ3) is 5.82. The Kier molecular flexibility index (Phi) is 7.67. The van der Waals surface area contributed by atoms with Gasteiger partial charge in [0, 0.05) is 11.0 Å². The highest BCUT2D eigenvalue weighted by Gasteiger charge is 2.15. The molecule has 0 bridgehead atoms. The average molecular weight is 442 g/mol. The van der Waals surface area contributed by atoms with E-state index in [0.29, 0.717) is 28.5 Å². The number of rotatable bonds is 8. The number of nitrogens with one attached hydrogen (secondary N) is 1. The van der Waals surface area contributed by atoms with Crippen molar-refractivity contribution in [3.63, 3.8) is 0 Å². The molecule has 2 N–H and O–H groups in total. The maximum Gasteiger partial charge on any atom is 0.262 e. The molecule has 1 aromatic carbocycles. The Bertz CT molecular complexity index is 836. The van der Waals surface area contributed by atoms with Crippen LogP contribution < -0.4 is 10.9 Å². The largest absolute Gasteiger partial charge is 0.392 e. The van der Waals surface area contributed by atoms with E-state index in [1.807, 2.05) is 6.07 Å². The number of nitrogens with zero attached hydrogens (tertiary/aromatic N) is 2. The van der Waals surface area contributed by atoms with Gasteiger partial charge in [-0.2, -0.15) is 0 Å². The first-order valence-corrected chi connectivity index (χ1v) is 10.3. The van der Waals surface area contributed by atoms with Gasteiger partial charge in [0.15, 0.2) is 5.16 Å². The molecule has 1 aromatic heterocycles. The molecule has 0 aliphatic rings. The predicted octanol–water partition coefficient (Wildman–Crippen LogP) is 2.79. The van der Waals surface area contributed by atoms with E-state index < -0.39 is 6.10 Å². The molecule has 1 atom stereocenters. The summed E-state index contributed by atoms with van der Waals surface area (Å²) < 4.78 is 2.23. The molecule has 2 rings (SSSR count). The van der Waals surface area contributed by atoms with Crippen LogP contribution in [0.2, 0.25) is 0 Å². The summed E-state index contributed by atoms with van der Waals surface area (Å²) in [6.07, 6.45) is 0.227. The number of amides is 1. The van der Waals surface area contributed by atoms with E-state index in [1.165, 1.54) is 16.3 Å². The first-order valence-electron chi connectivity index (χ1n) is 8.55. The SMILES string of the molecule is CC(C)CCNC(=O)CSc1nc2ccc(Br)cc2c(=O)n1C[C@H](C)O. The van der Waals surface area contributed by atoms with Gasteiger partial charge in [0.05, 0.1) is 29.3 Å². The van der Waals surface area contributed by atoms with E-state index in [4.69, 9.17) is 0 Å². The second-order valence-corrected chi connectivity index (χ2v) is 8.50. The molecule has 142 valence electrons. The summed E-state index contributed by atoms with van der Waals surface area (Å²) in [7, 11) is 0. The Balaban J connectivity index is 2.23. The third-order valence-electron chi connectivity index (χ3n) is 3.70. The summed E-state index contributed by atoms with van der Waals surface area (Å²) in [5, 5.41) is 13.5. The lowest BCUT2D eigenvalue weighted by atomic mass is 10.1. The smallest absolute Gasteiger partial charge is 0.262 e.